The summed E-state index contributed by atoms with van der Waals surface area (Å²) in [5, 5.41) is 3.70. The summed E-state index contributed by atoms with van der Waals surface area (Å²) >= 11 is 3.67. The molecule has 0 spiro atoms. The van der Waals surface area contributed by atoms with E-state index in [-0.39, 0.29) is 0 Å². The highest BCUT2D eigenvalue weighted by molar-refractivity contribution is 9.10. The normalized spacial score (nSPS) is 17.0. The third-order valence-corrected chi connectivity index (χ3v) is 4.72. The quantitative estimate of drug-likeness (QED) is 0.871. The van der Waals surface area contributed by atoms with Crippen LogP contribution in [0.5, 0.6) is 0 Å². The van der Waals surface area contributed by atoms with Crippen LogP contribution < -0.4 is 5.32 Å². The molecule has 0 heterocycles. The summed E-state index contributed by atoms with van der Waals surface area (Å²) in [4.78, 5) is 2.20. The molecule has 110 valence electrons. The van der Waals surface area contributed by atoms with E-state index in [1.54, 1.807) is 0 Å². The molecule has 2 nitrogen and oxygen atoms in total. The molecule has 1 N–H and O–H groups in total. The lowest BCUT2D eigenvalue weighted by molar-refractivity contribution is 0.402. The van der Waals surface area contributed by atoms with Gasteiger partial charge in [0.05, 0.1) is 6.04 Å². The van der Waals surface area contributed by atoms with Crippen LogP contribution in [0.1, 0.15) is 29.2 Å². The maximum Gasteiger partial charge on any atom is 0.0520 e. The maximum absolute atomic E-state index is 3.70. The molecule has 1 aliphatic carbocycles. The predicted molar refractivity (Wildman–Crippen MR) is 92.7 cm³/mol. The van der Waals surface area contributed by atoms with E-state index < -0.39 is 0 Å². The minimum atomic E-state index is 0.423. The van der Waals surface area contributed by atoms with E-state index in [9.17, 15) is 0 Å². The van der Waals surface area contributed by atoms with E-state index in [1.807, 2.05) is 0 Å². The predicted octanol–water partition coefficient (Wildman–Crippen LogP) is 4.61. The molecule has 0 saturated carbocycles. The average Bonchev–Trinajstić information content (AvgIpc) is 2.83. The van der Waals surface area contributed by atoms with Gasteiger partial charge in [0.1, 0.15) is 0 Å². The minimum absolute atomic E-state index is 0.423. The summed E-state index contributed by atoms with van der Waals surface area (Å²) < 4.78 is 1.24. The number of benzene rings is 2. The Balaban J connectivity index is 1.78. The van der Waals surface area contributed by atoms with E-state index in [0.717, 1.165) is 19.4 Å². The molecule has 0 bridgehead atoms. The second-order valence-electron chi connectivity index (χ2n) is 5.98. The van der Waals surface area contributed by atoms with Crippen molar-refractivity contribution < 1.29 is 0 Å². The number of anilines is 1. The third kappa shape index (κ3) is 3.30. The molecule has 3 rings (SSSR count). The van der Waals surface area contributed by atoms with Gasteiger partial charge in [0.25, 0.3) is 0 Å². The molecule has 0 aromatic heterocycles. The Morgan fingerprint density at radius 1 is 1.19 bits per heavy atom. The summed E-state index contributed by atoms with van der Waals surface area (Å²) in [6, 6.07) is 15.7. The largest absolute Gasteiger partial charge is 0.378 e. The molecule has 1 atom stereocenters. The molecule has 1 unspecified atom stereocenters. The van der Waals surface area contributed by atoms with Crippen molar-refractivity contribution in [2.45, 2.75) is 25.4 Å². The number of halogens is 1. The van der Waals surface area contributed by atoms with Crippen LogP contribution in [0.2, 0.25) is 0 Å². The van der Waals surface area contributed by atoms with Crippen LogP contribution in [0.15, 0.2) is 46.9 Å². The first kappa shape index (κ1) is 14.6. The Hall–Kier alpha value is -1.32. The molecule has 0 radical (unpaired) electrons. The SMILES string of the molecule is CN(C)Cc1cccc(NC2CCc3c(Br)cccc32)c1. The Bertz CT molecular complexity index is 637. The van der Waals surface area contributed by atoms with Crippen molar-refractivity contribution in [3.05, 3.63) is 63.6 Å². The van der Waals surface area contributed by atoms with Gasteiger partial charge in [-0.2, -0.15) is 0 Å². The second kappa shape index (κ2) is 6.20. The van der Waals surface area contributed by atoms with E-state index >= 15 is 0 Å². The highest BCUT2D eigenvalue weighted by atomic mass is 79.9. The van der Waals surface area contributed by atoms with E-state index in [1.165, 1.54) is 26.9 Å². The van der Waals surface area contributed by atoms with Crippen molar-refractivity contribution in [3.8, 4) is 0 Å². The van der Waals surface area contributed by atoms with E-state index in [0.29, 0.717) is 6.04 Å². The van der Waals surface area contributed by atoms with Crippen molar-refractivity contribution >= 4 is 21.6 Å². The number of hydrogen-bond acceptors (Lipinski definition) is 2. The summed E-state index contributed by atoms with van der Waals surface area (Å²) in [6.45, 7) is 0.975. The van der Waals surface area contributed by atoms with Gasteiger partial charge in [-0.3, -0.25) is 0 Å². The highest BCUT2D eigenvalue weighted by Gasteiger charge is 2.23. The van der Waals surface area contributed by atoms with Crippen LogP contribution in [-0.4, -0.2) is 19.0 Å². The van der Waals surface area contributed by atoms with E-state index in [4.69, 9.17) is 0 Å². The second-order valence-corrected chi connectivity index (χ2v) is 6.84. The van der Waals surface area contributed by atoms with Gasteiger partial charge in [-0.1, -0.05) is 40.2 Å². The smallest absolute Gasteiger partial charge is 0.0520 e. The lowest BCUT2D eigenvalue weighted by Gasteiger charge is -2.17. The first-order valence-corrected chi connectivity index (χ1v) is 8.20. The van der Waals surface area contributed by atoms with Gasteiger partial charge in [-0.05, 0) is 61.8 Å². The fourth-order valence-corrected chi connectivity index (χ4v) is 3.67. The molecule has 0 saturated heterocycles. The lowest BCUT2D eigenvalue weighted by Crippen LogP contribution is -2.11. The first-order chi connectivity index (χ1) is 10.1. The molecule has 2 aromatic carbocycles. The van der Waals surface area contributed by atoms with Crippen LogP contribution in [0.4, 0.5) is 5.69 Å². The molecule has 0 aliphatic heterocycles. The van der Waals surface area contributed by atoms with Gasteiger partial charge < -0.3 is 10.2 Å². The Morgan fingerprint density at radius 2 is 2.00 bits per heavy atom. The number of nitrogens with one attached hydrogen (secondary N) is 1. The summed E-state index contributed by atoms with van der Waals surface area (Å²) in [5.74, 6) is 0. The van der Waals surface area contributed by atoms with Crippen LogP contribution in [0.25, 0.3) is 0 Å². The van der Waals surface area contributed by atoms with Crippen LogP contribution in [0.3, 0.4) is 0 Å². The van der Waals surface area contributed by atoms with Crippen LogP contribution in [0, 0.1) is 0 Å². The van der Waals surface area contributed by atoms with Crippen molar-refractivity contribution in [2.24, 2.45) is 0 Å². The van der Waals surface area contributed by atoms with Gasteiger partial charge in [0.15, 0.2) is 0 Å². The van der Waals surface area contributed by atoms with Gasteiger partial charge in [-0.15, -0.1) is 0 Å². The molecule has 0 amide bonds. The molecular weight excluding hydrogens is 324 g/mol. The fourth-order valence-electron chi connectivity index (χ4n) is 3.09. The van der Waals surface area contributed by atoms with Crippen molar-refractivity contribution in [3.63, 3.8) is 0 Å². The minimum Gasteiger partial charge on any atom is -0.378 e. The summed E-state index contributed by atoms with van der Waals surface area (Å²) in [6.07, 6.45) is 2.31. The number of rotatable bonds is 4. The molecular formula is C18H21BrN2. The highest BCUT2D eigenvalue weighted by Crippen LogP contribution is 2.37. The Morgan fingerprint density at radius 3 is 2.81 bits per heavy atom. The van der Waals surface area contributed by atoms with Crippen molar-refractivity contribution in [1.82, 2.24) is 4.90 Å². The summed E-state index contributed by atoms with van der Waals surface area (Å²) in [7, 11) is 4.20. The van der Waals surface area contributed by atoms with Gasteiger partial charge in [-0.25, -0.2) is 0 Å². The van der Waals surface area contributed by atoms with Gasteiger partial charge >= 0.3 is 0 Å². The zero-order valence-corrected chi connectivity index (χ0v) is 14.2. The zero-order valence-electron chi connectivity index (χ0n) is 12.6. The van der Waals surface area contributed by atoms with Gasteiger partial charge in [0, 0.05) is 16.7 Å². The fraction of sp³-hybridized carbons (Fsp3) is 0.333. The van der Waals surface area contributed by atoms with Gasteiger partial charge in [0.2, 0.25) is 0 Å². The Labute approximate surface area is 135 Å². The monoisotopic (exact) mass is 344 g/mol. The molecule has 0 fully saturated rings. The third-order valence-electron chi connectivity index (χ3n) is 3.98. The standard InChI is InChI=1S/C18H21BrN2/c1-21(2)12-13-5-3-6-14(11-13)20-18-10-9-15-16(18)7-4-8-17(15)19/h3-8,11,18,20H,9-10,12H2,1-2H3. The molecule has 2 aromatic rings. The van der Waals surface area contributed by atoms with Crippen LogP contribution in [-0.2, 0) is 13.0 Å². The van der Waals surface area contributed by atoms with Crippen molar-refractivity contribution in [2.75, 3.05) is 19.4 Å². The molecule has 3 heteroatoms. The number of hydrogen-bond donors (Lipinski definition) is 1. The topological polar surface area (TPSA) is 15.3 Å². The summed E-state index contributed by atoms with van der Waals surface area (Å²) in [5.41, 5.74) is 5.45. The average molecular weight is 345 g/mol. The maximum atomic E-state index is 3.70. The van der Waals surface area contributed by atoms with Crippen LogP contribution >= 0.6 is 15.9 Å². The lowest BCUT2D eigenvalue weighted by atomic mass is 10.1. The molecule has 1 aliphatic rings. The molecule has 21 heavy (non-hydrogen) atoms. The first-order valence-electron chi connectivity index (χ1n) is 7.41. The Kier molecular flexibility index (Phi) is 4.32. The van der Waals surface area contributed by atoms with E-state index in [2.05, 4.69) is 82.7 Å². The van der Waals surface area contributed by atoms with Crippen molar-refractivity contribution in [1.29, 1.82) is 0 Å². The number of nitrogens with zero attached hydrogens (tertiary/aromatic N) is 1. The number of fused-ring (bicyclic) bond motifs is 1. The zero-order chi connectivity index (χ0) is 14.8.